The maximum atomic E-state index is 12.5. The minimum Gasteiger partial charge on any atom is -0.450 e. The fraction of sp³-hybridized carbons (Fsp3) is 0.222. The third-order valence-corrected chi connectivity index (χ3v) is 3.21. The summed E-state index contributed by atoms with van der Waals surface area (Å²) in [6.45, 7) is 2.31. The minimum atomic E-state index is -0.589. The van der Waals surface area contributed by atoms with Crippen molar-refractivity contribution < 1.29 is 14.3 Å². The first-order valence-corrected chi connectivity index (χ1v) is 7.50. The van der Waals surface area contributed by atoms with Crippen molar-refractivity contribution >= 4 is 17.7 Å². The molecule has 2 aromatic rings. The molecule has 0 atom stereocenters. The van der Waals surface area contributed by atoms with Crippen LogP contribution in [0.25, 0.3) is 0 Å². The minimum absolute atomic E-state index is 0.111. The Morgan fingerprint density at radius 1 is 1.00 bits per heavy atom. The first-order chi connectivity index (χ1) is 11.2. The monoisotopic (exact) mass is 312 g/mol. The van der Waals surface area contributed by atoms with E-state index < -0.39 is 6.09 Å². The zero-order chi connectivity index (χ0) is 16.5. The molecule has 0 bridgehead atoms. The molecule has 1 N–H and O–H groups in total. The standard InChI is InChI=1S/C18H20N2O3/c1-2-23-18(22)19-13-17(21)20(16-11-7-4-8-12-16)14-15-9-5-3-6-10-15/h3-12H,2,13-14H2,1H3,(H,19,22). The molecule has 120 valence electrons. The quantitative estimate of drug-likeness (QED) is 0.892. The van der Waals surface area contributed by atoms with E-state index in [0.717, 1.165) is 11.3 Å². The molecular weight excluding hydrogens is 292 g/mol. The molecule has 0 unspecified atom stereocenters. The summed E-state index contributed by atoms with van der Waals surface area (Å²) < 4.78 is 4.78. The van der Waals surface area contributed by atoms with Crippen molar-refractivity contribution in [3.05, 3.63) is 66.2 Å². The van der Waals surface area contributed by atoms with Crippen molar-refractivity contribution in [3.8, 4) is 0 Å². The Labute approximate surface area is 135 Å². The lowest BCUT2D eigenvalue weighted by atomic mass is 10.2. The molecule has 0 saturated heterocycles. The first-order valence-electron chi connectivity index (χ1n) is 7.50. The SMILES string of the molecule is CCOC(=O)NCC(=O)N(Cc1ccccc1)c1ccccc1. The van der Waals surface area contributed by atoms with Gasteiger partial charge >= 0.3 is 6.09 Å². The second-order valence-electron chi connectivity index (χ2n) is 4.88. The van der Waals surface area contributed by atoms with Crippen LogP contribution >= 0.6 is 0 Å². The van der Waals surface area contributed by atoms with Gasteiger partial charge in [-0.15, -0.1) is 0 Å². The van der Waals surface area contributed by atoms with Crippen LogP contribution in [0.3, 0.4) is 0 Å². The van der Waals surface area contributed by atoms with Gasteiger partial charge in [0.05, 0.1) is 13.2 Å². The molecule has 0 aliphatic rings. The van der Waals surface area contributed by atoms with Crippen molar-refractivity contribution in [1.29, 1.82) is 0 Å². The van der Waals surface area contributed by atoms with Crippen molar-refractivity contribution in [2.24, 2.45) is 0 Å². The molecule has 0 saturated carbocycles. The summed E-state index contributed by atoms with van der Waals surface area (Å²) >= 11 is 0. The summed E-state index contributed by atoms with van der Waals surface area (Å²) in [6.07, 6.45) is -0.589. The number of benzene rings is 2. The van der Waals surface area contributed by atoms with Gasteiger partial charge in [-0.2, -0.15) is 0 Å². The highest BCUT2D eigenvalue weighted by atomic mass is 16.5. The number of ether oxygens (including phenoxy) is 1. The number of anilines is 1. The van der Waals surface area contributed by atoms with Crippen LogP contribution in [0, 0.1) is 0 Å². The van der Waals surface area contributed by atoms with E-state index in [4.69, 9.17) is 4.74 Å². The van der Waals surface area contributed by atoms with Crippen LogP contribution in [0.1, 0.15) is 12.5 Å². The van der Waals surface area contributed by atoms with Gasteiger partial charge in [0.2, 0.25) is 5.91 Å². The maximum Gasteiger partial charge on any atom is 0.407 e. The molecule has 2 amide bonds. The molecule has 0 aromatic heterocycles. The van der Waals surface area contributed by atoms with Crippen LogP contribution in [-0.2, 0) is 16.1 Å². The highest BCUT2D eigenvalue weighted by Gasteiger charge is 2.17. The van der Waals surface area contributed by atoms with Gasteiger partial charge in [-0.25, -0.2) is 4.79 Å². The van der Waals surface area contributed by atoms with E-state index in [1.54, 1.807) is 11.8 Å². The van der Waals surface area contributed by atoms with E-state index in [9.17, 15) is 9.59 Å². The molecule has 0 spiro atoms. The summed E-state index contributed by atoms with van der Waals surface area (Å²) in [6, 6.07) is 19.1. The Kier molecular flexibility index (Phi) is 6.17. The number of carbonyl (C=O) groups is 2. The molecule has 5 heteroatoms. The fourth-order valence-electron chi connectivity index (χ4n) is 2.12. The lowest BCUT2D eigenvalue weighted by molar-refractivity contribution is -0.117. The number of nitrogens with zero attached hydrogens (tertiary/aromatic N) is 1. The second-order valence-corrected chi connectivity index (χ2v) is 4.88. The summed E-state index contributed by atoms with van der Waals surface area (Å²) in [5.74, 6) is -0.201. The van der Waals surface area contributed by atoms with Crippen LogP contribution in [0.4, 0.5) is 10.5 Å². The van der Waals surface area contributed by atoms with Gasteiger partial charge in [-0.3, -0.25) is 4.79 Å². The summed E-state index contributed by atoms with van der Waals surface area (Å²) in [4.78, 5) is 25.5. The summed E-state index contributed by atoms with van der Waals surface area (Å²) in [7, 11) is 0. The van der Waals surface area contributed by atoms with Gasteiger partial charge in [0.1, 0.15) is 6.54 Å². The van der Waals surface area contributed by atoms with Crippen molar-refractivity contribution in [3.63, 3.8) is 0 Å². The first kappa shape index (κ1) is 16.5. The molecule has 0 fully saturated rings. The lowest BCUT2D eigenvalue weighted by Crippen LogP contribution is -2.40. The van der Waals surface area contributed by atoms with E-state index in [1.807, 2.05) is 60.7 Å². The molecule has 0 aliphatic heterocycles. The van der Waals surface area contributed by atoms with Gasteiger partial charge in [0.25, 0.3) is 0 Å². The smallest absolute Gasteiger partial charge is 0.407 e. The average Bonchev–Trinajstić information content (AvgIpc) is 2.59. The summed E-state index contributed by atoms with van der Waals surface area (Å²) in [5.41, 5.74) is 1.80. The van der Waals surface area contributed by atoms with E-state index in [-0.39, 0.29) is 19.1 Å². The molecule has 5 nitrogen and oxygen atoms in total. The number of para-hydroxylation sites is 1. The Hall–Kier alpha value is -2.82. The molecule has 0 aliphatic carbocycles. The maximum absolute atomic E-state index is 12.5. The molecular formula is C18H20N2O3. The Bertz CT molecular complexity index is 629. The highest BCUT2D eigenvalue weighted by molar-refractivity contribution is 5.96. The van der Waals surface area contributed by atoms with Gasteiger partial charge < -0.3 is 15.0 Å². The number of hydrogen-bond acceptors (Lipinski definition) is 3. The number of hydrogen-bond donors (Lipinski definition) is 1. The number of nitrogens with one attached hydrogen (secondary N) is 1. The molecule has 0 radical (unpaired) electrons. The van der Waals surface area contributed by atoms with Crippen molar-refractivity contribution in [2.45, 2.75) is 13.5 Å². The predicted molar refractivity (Wildman–Crippen MR) is 89.1 cm³/mol. The van der Waals surface area contributed by atoms with Crippen LogP contribution in [-0.4, -0.2) is 25.2 Å². The topological polar surface area (TPSA) is 58.6 Å². The third-order valence-electron chi connectivity index (χ3n) is 3.21. The Morgan fingerprint density at radius 3 is 2.22 bits per heavy atom. The zero-order valence-corrected chi connectivity index (χ0v) is 13.1. The zero-order valence-electron chi connectivity index (χ0n) is 13.1. The fourth-order valence-corrected chi connectivity index (χ4v) is 2.12. The van der Waals surface area contributed by atoms with Crippen molar-refractivity contribution in [1.82, 2.24) is 5.32 Å². The van der Waals surface area contributed by atoms with Gasteiger partial charge in [-0.05, 0) is 24.6 Å². The van der Waals surface area contributed by atoms with Gasteiger partial charge in [0.15, 0.2) is 0 Å². The van der Waals surface area contributed by atoms with Crippen LogP contribution in [0.2, 0.25) is 0 Å². The van der Waals surface area contributed by atoms with E-state index in [1.165, 1.54) is 0 Å². The highest BCUT2D eigenvalue weighted by Crippen LogP contribution is 2.17. The Balaban J connectivity index is 2.10. The molecule has 2 rings (SSSR count). The number of alkyl carbamates (subject to hydrolysis) is 1. The average molecular weight is 312 g/mol. The Morgan fingerprint density at radius 2 is 1.61 bits per heavy atom. The van der Waals surface area contributed by atoms with E-state index in [0.29, 0.717) is 6.54 Å². The normalized spacial score (nSPS) is 9.96. The molecule has 23 heavy (non-hydrogen) atoms. The van der Waals surface area contributed by atoms with Crippen LogP contribution in [0.15, 0.2) is 60.7 Å². The lowest BCUT2D eigenvalue weighted by Gasteiger charge is -2.23. The van der Waals surface area contributed by atoms with Crippen molar-refractivity contribution in [2.75, 3.05) is 18.1 Å². The second kappa shape index (κ2) is 8.58. The van der Waals surface area contributed by atoms with Crippen LogP contribution in [0.5, 0.6) is 0 Å². The molecule has 2 aromatic carbocycles. The predicted octanol–water partition coefficient (Wildman–Crippen LogP) is 2.97. The van der Waals surface area contributed by atoms with Gasteiger partial charge in [-0.1, -0.05) is 48.5 Å². The largest absolute Gasteiger partial charge is 0.450 e. The van der Waals surface area contributed by atoms with E-state index in [2.05, 4.69) is 5.32 Å². The van der Waals surface area contributed by atoms with Crippen LogP contribution < -0.4 is 10.2 Å². The van der Waals surface area contributed by atoms with Gasteiger partial charge in [0, 0.05) is 5.69 Å². The van der Waals surface area contributed by atoms with E-state index >= 15 is 0 Å². The third kappa shape index (κ3) is 5.14. The molecule has 0 heterocycles. The summed E-state index contributed by atoms with van der Waals surface area (Å²) in [5, 5.41) is 2.47. The number of amides is 2. The number of rotatable bonds is 6. The number of carbonyl (C=O) groups excluding carboxylic acids is 2.